The largest absolute Gasteiger partial charge is 0.481 e. The highest BCUT2D eigenvalue weighted by molar-refractivity contribution is 7.17. The van der Waals surface area contributed by atoms with Gasteiger partial charge in [0.05, 0.1) is 18.9 Å². The molecule has 1 fully saturated rings. The van der Waals surface area contributed by atoms with Crippen LogP contribution in [0.2, 0.25) is 0 Å². The summed E-state index contributed by atoms with van der Waals surface area (Å²) in [5.41, 5.74) is 1.37. The van der Waals surface area contributed by atoms with Crippen molar-refractivity contribution in [3.05, 3.63) is 52.7 Å². The second-order valence-corrected chi connectivity index (χ2v) is 8.79. The van der Waals surface area contributed by atoms with Gasteiger partial charge in [0, 0.05) is 10.4 Å². The number of halogens is 1. The van der Waals surface area contributed by atoms with Crippen LogP contribution in [-0.4, -0.2) is 30.1 Å². The lowest BCUT2D eigenvalue weighted by Gasteiger charge is -2.23. The van der Waals surface area contributed by atoms with Crippen LogP contribution in [0.15, 0.2) is 36.4 Å². The Labute approximate surface area is 176 Å². The van der Waals surface area contributed by atoms with Crippen molar-refractivity contribution in [3.8, 4) is 11.1 Å². The fraction of sp³-hybridized carbons (Fsp3) is 0.318. The van der Waals surface area contributed by atoms with E-state index in [-0.39, 0.29) is 17.4 Å². The summed E-state index contributed by atoms with van der Waals surface area (Å²) in [6.07, 6.45) is 4.41. The molecule has 8 heteroatoms. The van der Waals surface area contributed by atoms with E-state index in [4.69, 9.17) is 4.74 Å². The molecule has 0 aliphatic heterocycles. The van der Waals surface area contributed by atoms with E-state index in [2.05, 4.69) is 5.32 Å². The van der Waals surface area contributed by atoms with E-state index in [0.717, 1.165) is 4.88 Å². The second-order valence-electron chi connectivity index (χ2n) is 7.56. The molecule has 0 unspecified atom stereocenters. The summed E-state index contributed by atoms with van der Waals surface area (Å²) in [6.45, 7) is 1.80. The van der Waals surface area contributed by atoms with E-state index >= 15 is 0 Å². The van der Waals surface area contributed by atoms with Gasteiger partial charge in [-0.1, -0.05) is 24.3 Å². The highest BCUT2D eigenvalue weighted by Crippen LogP contribution is 2.49. The van der Waals surface area contributed by atoms with Gasteiger partial charge in [0.1, 0.15) is 16.4 Å². The molecule has 156 valence electrons. The lowest BCUT2D eigenvalue weighted by molar-refractivity contribution is -0.146. The summed E-state index contributed by atoms with van der Waals surface area (Å²) in [6, 6.07) is 5.71. The van der Waals surface area contributed by atoms with Crippen molar-refractivity contribution in [1.82, 2.24) is 0 Å². The number of carboxylic acid groups (broad SMARTS) is 1. The molecule has 6 nitrogen and oxygen atoms in total. The lowest BCUT2D eigenvalue weighted by atomic mass is 9.82. The predicted molar refractivity (Wildman–Crippen MR) is 110 cm³/mol. The molecule has 1 amide bonds. The van der Waals surface area contributed by atoms with Gasteiger partial charge in [-0.15, -0.1) is 11.3 Å². The Morgan fingerprint density at radius 1 is 1.13 bits per heavy atom. The van der Waals surface area contributed by atoms with E-state index in [1.165, 1.54) is 30.6 Å². The number of carbonyl (C=O) groups is 3. The van der Waals surface area contributed by atoms with Crippen molar-refractivity contribution in [2.45, 2.75) is 13.3 Å². The molecule has 2 aliphatic rings. The third-order valence-corrected chi connectivity index (χ3v) is 6.91. The monoisotopic (exact) mass is 429 g/mol. The number of carboxylic acids is 1. The first-order chi connectivity index (χ1) is 14.3. The molecule has 2 bridgehead atoms. The van der Waals surface area contributed by atoms with Crippen LogP contribution < -0.4 is 5.32 Å². The van der Waals surface area contributed by atoms with Crippen LogP contribution in [0.5, 0.6) is 0 Å². The minimum atomic E-state index is -0.991. The lowest BCUT2D eigenvalue weighted by Crippen LogP contribution is -2.36. The van der Waals surface area contributed by atoms with Gasteiger partial charge in [-0.05, 0) is 42.9 Å². The third-order valence-electron chi connectivity index (χ3n) is 5.89. The quantitative estimate of drug-likeness (QED) is 0.551. The molecule has 2 N–H and O–H groups in total. The fourth-order valence-electron chi connectivity index (χ4n) is 4.61. The summed E-state index contributed by atoms with van der Waals surface area (Å²) < 4.78 is 18.3. The number of carbonyl (C=O) groups excluding carboxylic acids is 2. The molecule has 2 aromatic rings. The zero-order valence-corrected chi connectivity index (χ0v) is 17.2. The Balaban J connectivity index is 1.71. The van der Waals surface area contributed by atoms with E-state index in [1.807, 2.05) is 12.2 Å². The average molecular weight is 429 g/mol. The Morgan fingerprint density at radius 3 is 2.37 bits per heavy atom. The number of methoxy groups -OCH3 is 1. The van der Waals surface area contributed by atoms with Gasteiger partial charge in [-0.2, -0.15) is 0 Å². The van der Waals surface area contributed by atoms with Gasteiger partial charge in [0.25, 0.3) is 0 Å². The average Bonchev–Trinajstić information content (AvgIpc) is 3.41. The molecule has 0 saturated heterocycles. The molecule has 2 aliphatic carbocycles. The predicted octanol–water partition coefficient (Wildman–Crippen LogP) is 4.11. The molecule has 4 rings (SSSR count). The number of benzene rings is 1. The zero-order valence-electron chi connectivity index (χ0n) is 16.3. The molecule has 1 aromatic carbocycles. The number of amides is 1. The van der Waals surface area contributed by atoms with Gasteiger partial charge >= 0.3 is 11.9 Å². The number of hydrogen-bond acceptors (Lipinski definition) is 5. The Kier molecular flexibility index (Phi) is 5.19. The maximum absolute atomic E-state index is 13.4. The molecule has 30 heavy (non-hydrogen) atoms. The summed E-state index contributed by atoms with van der Waals surface area (Å²) >= 11 is 1.21. The van der Waals surface area contributed by atoms with Crippen molar-refractivity contribution in [2.75, 3.05) is 12.4 Å². The summed E-state index contributed by atoms with van der Waals surface area (Å²) in [5, 5.41) is 12.7. The van der Waals surface area contributed by atoms with Crippen LogP contribution in [0, 0.1) is 36.4 Å². The number of anilines is 1. The maximum atomic E-state index is 13.4. The normalized spacial score (nSPS) is 24.1. The smallest absolute Gasteiger partial charge is 0.341 e. The van der Waals surface area contributed by atoms with Gasteiger partial charge in [0.15, 0.2) is 0 Å². The van der Waals surface area contributed by atoms with Crippen molar-refractivity contribution in [3.63, 3.8) is 0 Å². The first-order valence-corrected chi connectivity index (χ1v) is 10.3. The number of rotatable bonds is 5. The highest BCUT2D eigenvalue weighted by Gasteiger charge is 2.51. The number of ether oxygens (including phenoxy) is 1. The van der Waals surface area contributed by atoms with Crippen LogP contribution in [0.1, 0.15) is 21.7 Å². The van der Waals surface area contributed by atoms with E-state index in [0.29, 0.717) is 22.5 Å². The number of allylic oxidation sites excluding steroid dienone is 2. The standard InChI is InChI=1S/C22H20FNO5S/c1-10-15(11-5-7-14(23)8-6-11)18(22(28)29-2)20(30-10)24-19(25)16-12-3-4-13(9-12)17(16)21(26)27/h3-8,12-13,16-17H,9H2,1-2H3,(H,24,25)(H,26,27)/t12-,13-,16-,17+/m0/s1. The third kappa shape index (κ3) is 3.31. The minimum Gasteiger partial charge on any atom is -0.481 e. The van der Waals surface area contributed by atoms with Crippen LogP contribution in [0.25, 0.3) is 11.1 Å². The van der Waals surface area contributed by atoms with Crippen molar-refractivity contribution >= 4 is 34.2 Å². The molecule has 1 saturated carbocycles. The molecular formula is C22H20FNO5S. The topological polar surface area (TPSA) is 92.7 Å². The SMILES string of the molecule is COC(=O)c1c(NC(=O)[C@@H]2[C@H](C(=O)O)[C@H]3C=C[C@H]2C3)sc(C)c1-c1ccc(F)cc1. The Bertz CT molecular complexity index is 1060. The van der Waals surface area contributed by atoms with Crippen LogP contribution >= 0.6 is 11.3 Å². The molecule has 1 heterocycles. The molecular weight excluding hydrogens is 409 g/mol. The number of nitrogens with one attached hydrogen (secondary N) is 1. The molecule has 4 atom stereocenters. The van der Waals surface area contributed by atoms with E-state index in [9.17, 15) is 23.9 Å². The zero-order chi connectivity index (χ0) is 21.6. The number of hydrogen-bond donors (Lipinski definition) is 2. The van der Waals surface area contributed by atoms with Gasteiger partial charge < -0.3 is 15.2 Å². The number of aliphatic carboxylic acids is 1. The molecule has 0 spiro atoms. The Morgan fingerprint density at radius 2 is 1.77 bits per heavy atom. The van der Waals surface area contributed by atoms with Crippen LogP contribution in [0.4, 0.5) is 9.39 Å². The van der Waals surface area contributed by atoms with Crippen molar-refractivity contribution < 1.29 is 28.6 Å². The van der Waals surface area contributed by atoms with Crippen LogP contribution in [-0.2, 0) is 14.3 Å². The first kappa shape index (κ1) is 20.3. The van der Waals surface area contributed by atoms with Crippen LogP contribution in [0.3, 0.4) is 0 Å². The summed E-state index contributed by atoms with van der Waals surface area (Å²) in [7, 11) is 1.25. The number of thiophene rings is 1. The summed E-state index contributed by atoms with van der Waals surface area (Å²) in [4.78, 5) is 38.1. The van der Waals surface area contributed by atoms with Gasteiger partial charge in [-0.25, -0.2) is 9.18 Å². The Hall–Kier alpha value is -3.00. The second kappa shape index (κ2) is 7.68. The maximum Gasteiger partial charge on any atom is 0.341 e. The number of aryl methyl sites for hydroxylation is 1. The first-order valence-electron chi connectivity index (χ1n) is 9.51. The highest BCUT2D eigenvalue weighted by atomic mass is 32.1. The van der Waals surface area contributed by atoms with E-state index in [1.54, 1.807) is 19.1 Å². The molecule has 1 aromatic heterocycles. The number of esters is 1. The van der Waals surface area contributed by atoms with Gasteiger partial charge in [0.2, 0.25) is 5.91 Å². The number of fused-ring (bicyclic) bond motifs is 2. The van der Waals surface area contributed by atoms with Gasteiger partial charge in [-0.3, -0.25) is 9.59 Å². The fourth-order valence-corrected chi connectivity index (χ4v) is 5.67. The van der Waals surface area contributed by atoms with E-state index < -0.39 is 35.5 Å². The van der Waals surface area contributed by atoms with Crippen molar-refractivity contribution in [2.24, 2.45) is 23.7 Å². The molecule has 0 radical (unpaired) electrons. The summed E-state index contributed by atoms with van der Waals surface area (Å²) in [5.74, 6) is -4.19. The minimum absolute atomic E-state index is 0.129. The van der Waals surface area contributed by atoms with Crippen molar-refractivity contribution in [1.29, 1.82) is 0 Å².